The second-order valence-electron chi connectivity index (χ2n) is 6.10. The fraction of sp³-hybridized carbons (Fsp3) is 0.143. The Morgan fingerprint density at radius 3 is 2.56 bits per heavy atom. The first-order valence-electron chi connectivity index (χ1n) is 8.12. The average Bonchev–Trinajstić information content (AvgIpc) is 2.78. The van der Waals surface area contributed by atoms with E-state index in [0.29, 0.717) is 0 Å². The molecule has 1 aliphatic heterocycles. The zero-order valence-corrected chi connectivity index (χ0v) is 15.2. The Labute approximate surface area is 157 Å². The van der Waals surface area contributed by atoms with E-state index in [9.17, 15) is 0 Å². The van der Waals surface area contributed by atoms with E-state index in [2.05, 4.69) is 23.5 Å². The van der Waals surface area contributed by atoms with E-state index in [1.165, 1.54) is 11.1 Å². The monoisotopic (exact) mass is 369 g/mol. The van der Waals surface area contributed by atoms with Gasteiger partial charge in [-0.2, -0.15) is 0 Å². The molecule has 126 valence electrons. The van der Waals surface area contributed by atoms with Gasteiger partial charge < -0.3 is 10.1 Å². The summed E-state index contributed by atoms with van der Waals surface area (Å²) in [7, 11) is 1.69. The van der Waals surface area contributed by atoms with E-state index in [4.69, 9.17) is 27.9 Å². The number of fused-ring (bicyclic) bond motifs is 2. The first-order chi connectivity index (χ1) is 12.2. The Balaban J connectivity index is 2.00. The van der Waals surface area contributed by atoms with Crippen LogP contribution in [0.5, 0.6) is 5.75 Å². The minimum Gasteiger partial charge on any atom is -0.497 e. The standard InChI is InChI=1S/C21H17Cl2NO/c1-25-15-7-8-16-13(10-15)12-24-20-9-6-14(22)11-18(20)21(16)17-4-2-3-5-19(17)23/h2-11,21,24H,12H2,1H3. The van der Waals surface area contributed by atoms with Crippen LogP contribution in [-0.4, -0.2) is 7.11 Å². The fourth-order valence-corrected chi connectivity index (χ4v) is 3.90. The van der Waals surface area contributed by atoms with E-state index in [1.807, 2.05) is 42.5 Å². The molecule has 0 amide bonds. The van der Waals surface area contributed by atoms with Gasteiger partial charge in [0.2, 0.25) is 0 Å². The number of nitrogens with one attached hydrogen (secondary N) is 1. The molecule has 1 N–H and O–H groups in total. The SMILES string of the molecule is COc1ccc2c(c1)CNc1ccc(Cl)cc1C2c1ccccc1Cl. The number of benzene rings is 3. The average molecular weight is 370 g/mol. The molecule has 3 aromatic carbocycles. The molecule has 0 bridgehead atoms. The summed E-state index contributed by atoms with van der Waals surface area (Å²) in [5, 5.41) is 4.99. The van der Waals surface area contributed by atoms with E-state index in [0.717, 1.165) is 39.2 Å². The Morgan fingerprint density at radius 2 is 1.76 bits per heavy atom. The van der Waals surface area contributed by atoms with Crippen molar-refractivity contribution in [3.8, 4) is 5.75 Å². The van der Waals surface area contributed by atoms with Crippen LogP contribution >= 0.6 is 23.2 Å². The molecule has 1 heterocycles. The van der Waals surface area contributed by atoms with Crippen LogP contribution in [0.3, 0.4) is 0 Å². The molecule has 0 saturated carbocycles. The summed E-state index contributed by atoms with van der Waals surface area (Å²) in [5.41, 5.74) is 5.68. The van der Waals surface area contributed by atoms with Crippen LogP contribution < -0.4 is 10.1 Å². The van der Waals surface area contributed by atoms with Gasteiger partial charge in [-0.3, -0.25) is 0 Å². The molecule has 4 rings (SSSR count). The van der Waals surface area contributed by atoms with Gasteiger partial charge in [-0.15, -0.1) is 0 Å². The molecular weight excluding hydrogens is 353 g/mol. The molecule has 0 fully saturated rings. The summed E-state index contributed by atoms with van der Waals surface area (Å²) in [5.74, 6) is 0.862. The highest BCUT2D eigenvalue weighted by atomic mass is 35.5. The predicted octanol–water partition coefficient (Wildman–Crippen LogP) is 6.11. The molecule has 0 saturated heterocycles. The number of ether oxygens (including phenoxy) is 1. The third-order valence-electron chi connectivity index (χ3n) is 4.67. The van der Waals surface area contributed by atoms with Crippen LogP contribution in [0.1, 0.15) is 28.2 Å². The molecule has 25 heavy (non-hydrogen) atoms. The fourth-order valence-electron chi connectivity index (χ4n) is 3.48. The third-order valence-corrected chi connectivity index (χ3v) is 5.25. The minimum atomic E-state index is 0.0123. The van der Waals surface area contributed by atoms with Crippen molar-refractivity contribution in [1.82, 2.24) is 0 Å². The van der Waals surface area contributed by atoms with Crippen molar-refractivity contribution in [2.75, 3.05) is 12.4 Å². The smallest absolute Gasteiger partial charge is 0.119 e. The molecule has 0 spiro atoms. The summed E-state index contributed by atoms with van der Waals surface area (Å²) in [6.07, 6.45) is 0. The van der Waals surface area contributed by atoms with Crippen molar-refractivity contribution in [3.63, 3.8) is 0 Å². The van der Waals surface area contributed by atoms with Gasteiger partial charge in [0.05, 0.1) is 7.11 Å². The number of hydrogen-bond donors (Lipinski definition) is 1. The Kier molecular flexibility index (Phi) is 4.32. The minimum absolute atomic E-state index is 0.0123. The van der Waals surface area contributed by atoms with Gasteiger partial charge in [-0.25, -0.2) is 0 Å². The van der Waals surface area contributed by atoms with Crippen molar-refractivity contribution >= 4 is 28.9 Å². The van der Waals surface area contributed by atoms with E-state index in [-0.39, 0.29) is 5.92 Å². The lowest BCUT2D eigenvalue weighted by atomic mass is 9.83. The lowest BCUT2D eigenvalue weighted by molar-refractivity contribution is 0.414. The van der Waals surface area contributed by atoms with Gasteiger partial charge >= 0.3 is 0 Å². The lowest BCUT2D eigenvalue weighted by Crippen LogP contribution is -2.06. The largest absolute Gasteiger partial charge is 0.497 e. The van der Waals surface area contributed by atoms with Crippen molar-refractivity contribution in [2.24, 2.45) is 0 Å². The van der Waals surface area contributed by atoms with E-state index < -0.39 is 0 Å². The first kappa shape index (κ1) is 16.3. The highest BCUT2D eigenvalue weighted by Gasteiger charge is 2.27. The lowest BCUT2D eigenvalue weighted by Gasteiger charge is -2.22. The van der Waals surface area contributed by atoms with Crippen LogP contribution in [0.15, 0.2) is 60.7 Å². The predicted molar refractivity (Wildman–Crippen MR) is 104 cm³/mol. The molecule has 2 nitrogen and oxygen atoms in total. The molecule has 0 radical (unpaired) electrons. The highest BCUT2D eigenvalue weighted by molar-refractivity contribution is 6.31. The number of methoxy groups -OCH3 is 1. The van der Waals surface area contributed by atoms with Crippen molar-refractivity contribution in [3.05, 3.63) is 93.0 Å². The maximum absolute atomic E-state index is 6.56. The molecule has 0 aliphatic carbocycles. The second kappa shape index (κ2) is 6.62. The van der Waals surface area contributed by atoms with Crippen LogP contribution in [0.2, 0.25) is 10.0 Å². The summed E-state index contributed by atoms with van der Waals surface area (Å²) in [6, 6.07) is 20.2. The normalized spacial score (nSPS) is 15.6. The van der Waals surface area contributed by atoms with Crippen LogP contribution in [0, 0.1) is 0 Å². The Bertz CT molecular complexity index is 939. The van der Waals surface area contributed by atoms with Gasteiger partial charge in [0.1, 0.15) is 5.75 Å². The molecule has 0 aromatic heterocycles. The molecule has 1 unspecified atom stereocenters. The molecular formula is C21H17Cl2NO. The van der Waals surface area contributed by atoms with Crippen LogP contribution in [0.25, 0.3) is 0 Å². The van der Waals surface area contributed by atoms with Gasteiger partial charge in [0, 0.05) is 28.2 Å². The van der Waals surface area contributed by atoms with Gasteiger partial charge in [0.15, 0.2) is 0 Å². The zero-order chi connectivity index (χ0) is 17.4. The van der Waals surface area contributed by atoms with Crippen LogP contribution in [0.4, 0.5) is 5.69 Å². The topological polar surface area (TPSA) is 21.3 Å². The zero-order valence-electron chi connectivity index (χ0n) is 13.7. The number of anilines is 1. The molecule has 3 aromatic rings. The Hall–Kier alpha value is -2.16. The highest BCUT2D eigenvalue weighted by Crippen LogP contribution is 2.44. The van der Waals surface area contributed by atoms with E-state index in [1.54, 1.807) is 7.11 Å². The molecule has 1 aliphatic rings. The second-order valence-corrected chi connectivity index (χ2v) is 6.95. The van der Waals surface area contributed by atoms with Gasteiger partial charge in [-0.1, -0.05) is 47.5 Å². The van der Waals surface area contributed by atoms with Crippen molar-refractivity contribution in [1.29, 1.82) is 0 Å². The van der Waals surface area contributed by atoms with Gasteiger partial charge in [-0.05, 0) is 58.7 Å². The quantitative estimate of drug-likeness (QED) is 0.588. The summed E-state index contributed by atoms with van der Waals surface area (Å²) < 4.78 is 5.41. The first-order valence-corrected chi connectivity index (χ1v) is 8.87. The van der Waals surface area contributed by atoms with Crippen molar-refractivity contribution < 1.29 is 4.74 Å². The van der Waals surface area contributed by atoms with Crippen molar-refractivity contribution in [2.45, 2.75) is 12.5 Å². The third kappa shape index (κ3) is 2.97. The summed E-state index contributed by atoms with van der Waals surface area (Å²) in [4.78, 5) is 0. The Morgan fingerprint density at radius 1 is 0.920 bits per heavy atom. The van der Waals surface area contributed by atoms with Gasteiger partial charge in [0.25, 0.3) is 0 Å². The summed E-state index contributed by atoms with van der Waals surface area (Å²) >= 11 is 12.9. The molecule has 4 heteroatoms. The number of hydrogen-bond acceptors (Lipinski definition) is 2. The molecule has 1 atom stereocenters. The van der Waals surface area contributed by atoms with Crippen LogP contribution in [-0.2, 0) is 6.54 Å². The van der Waals surface area contributed by atoms with E-state index >= 15 is 0 Å². The maximum Gasteiger partial charge on any atom is 0.119 e. The maximum atomic E-state index is 6.56. The summed E-state index contributed by atoms with van der Waals surface area (Å²) in [6.45, 7) is 0.724. The number of halogens is 2. The number of rotatable bonds is 2.